The Bertz CT molecular complexity index is 1150. The molecule has 2 aliphatic heterocycles. The van der Waals surface area contributed by atoms with Crippen molar-refractivity contribution in [2.75, 3.05) is 12.4 Å². The van der Waals surface area contributed by atoms with Crippen molar-refractivity contribution in [1.29, 1.82) is 0 Å². The molecule has 5 atom stereocenters. The number of rotatable bonds is 11. The lowest BCUT2D eigenvalue weighted by Crippen LogP contribution is -2.51. The first-order valence-corrected chi connectivity index (χ1v) is 13.7. The fourth-order valence-corrected chi connectivity index (χ4v) is 5.22. The van der Waals surface area contributed by atoms with Crippen LogP contribution in [0.3, 0.4) is 0 Å². The number of carbonyl (C=O) groups is 5. The number of methoxy groups -OCH3 is 1. The van der Waals surface area contributed by atoms with Gasteiger partial charge in [0.1, 0.15) is 17.4 Å². The molecule has 0 aromatic heterocycles. The van der Waals surface area contributed by atoms with Crippen molar-refractivity contribution in [3.8, 4) is 0 Å². The third kappa shape index (κ3) is 6.80. The smallest absolute Gasteiger partial charge is 0.412 e. The standard InChI is InChI=1S/C29H41N3O8/c1-7-17(2)25(22(34)13-15-24(36)39-6)31-23(35)14-12-21(33)20-16-29(38)18-10-8-9-11-19(18)30-26(29)32(20)27(37)40-28(3,4)5/h8-11,17,20,25-26,30,38H,7,12-16H2,1-6H3,(H,31,35)/t17?,20-,25-,26?,29?/m0/s1. The van der Waals surface area contributed by atoms with Crippen molar-refractivity contribution >= 4 is 35.2 Å². The van der Waals surface area contributed by atoms with E-state index in [-0.39, 0.29) is 43.8 Å². The minimum absolute atomic E-state index is 0.0527. The Labute approximate surface area is 235 Å². The van der Waals surface area contributed by atoms with Gasteiger partial charge in [-0.1, -0.05) is 38.5 Å². The molecule has 2 heterocycles. The molecule has 1 saturated heterocycles. The molecule has 0 bridgehead atoms. The highest BCUT2D eigenvalue weighted by Crippen LogP contribution is 2.49. The number of benzene rings is 1. The van der Waals surface area contributed by atoms with Gasteiger partial charge in [0.25, 0.3) is 0 Å². The highest BCUT2D eigenvalue weighted by atomic mass is 16.6. The van der Waals surface area contributed by atoms with E-state index in [4.69, 9.17) is 4.74 Å². The summed E-state index contributed by atoms with van der Waals surface area (Å²) in [5.74, 6) is -1.87. The van der Waals surface area contributed by atoms with E-state index in [1.165, 1.54) is 12.0 Å². The molecule has 2 aliphatic rings. The molecule has 220 valence electrons. The summed E-state index contributed by atoms with van der Waals surface area (Å²) in [7, 11) is 1.24. The molecule has 2 amide bonds. The molecular weight excluding hydrogens is 518 g/mol. The number of likely N-dealkylation sites (tertiary alicyclic amines) is 1. The lowest BCUT2D eigenvalue weighted by atomic mass is 9.89. The van der Waals surface area contributed by atoms with Crippen molar-refractivity contribution in [3.63, 3.8) is 0 Å². The van der Waals surface area contributed by atoms with Crippen LogP contribution in [-0.4, -0.2) is 70.5 Å². The number of nitrogens with zero attached hydrogens (tertiary/aromatic N) is 1. The minimum atomic E-state index is -1.51. The third-order valence-electron chi connectivity index (χ3n) is 7.51. The summed E-state index contributed by atoms with van der Waals surface area (Å²) in [5, 5.41) is 17.5. The van der Waals surface area contributed by atoms with Crippen LogP contribution < -0.4 is 10.6 Å². The van der Waals surface area contributed by atoms with Crippen molar-refractivity contribution in [3.05, 3.63) is 29.8 Å². The predicted octanol–water partition coefficient (Wildman–Crippen LogP) is 3.04. The van der Waals surface area contributed by atoms with Crippen LogP contribution in [0.25, 0.3) is 0 Å². The van der Waals surface area contributed by atoms with Crippen LogP contribution in [0.1, 0.15) is 78.7 Å². The average Bonchev–Trinajstić information content (AvgIpc) is 3.35. The first kappa shape index (κ1) is 31.1. The fourth-order valence-electron chi connectivity index (χ4n) is 5.22. The monoisotopic (exact) mass is 559 g/mol. The van der Waals surface area contributed by atoms with Crippen LogP contribution >= 0.6 is 0 Å². The van der Waals surface area contributed by atoms with Crippen LogP contribution in [0, 0.1) is 5.92 Å². The molecule has 11 heteroatoms. The van der Waals surface area contributed by atoms with Crippen molar-refractivity contribution in [2.24, 2.45) is 5.92 Å². The fraction of sp³-hybridized carbons (Fsp3) is 0.621. The van der Waals surface area contributed by atoms with E-state index in [9.17, 15) is 29.1 Å². The summed E-state index contributed by atoms with van der Waals surface area (Å²) in [6.45, 7) is 8.86. The summed E-state index contributed by atoms with van der Waals surface area (Å²) in [5.41, 5.74) is -1.09. The van der Waals surface area contributed by atoms with E-state index >= 15 is 0 Å². The second-order valence-corrected chi connectivity index (χ2v) is 11.6. The summed E-state index contributed by atoms with van der Waals surface area (Å²) in [6.07, 6.45) is -1.65. The number of ether oxygens (including phenoxy) is 2. The average molecular weight is 560 g/mol. The van der Waals surface area contributed by atoms with Gasteiger partial charge in [-0.15, -0.1) is 0 Å². The maximum Gasteiger partial charge on any atom is 0.412 e. The number of Topliss-reactive ketones (excluding diaryl/α,β-unsaturated/α-hetero) is 2. The zero-order valence-electron chi connectivity index (χ0n) is 24.1. The van der Waals surface area contributed by atoms with Crippen LogP contribution in [0.4, 0.5) is 10.5 Å². The first-order chi connectivity index (χ1) is 18.7. The van der Waals surface area contributed by atoms with Gasteiger partial charge in [-0.2, -0.15) is 0 Å². The van der Waals surface area contributed by atoms with Gasteiger partial charge in [0.15, 0.2) is 11.6 Å². The number of nitrogens with one attached hydrogen (secondary N) is 2. The molecular formula is C29H41N3O8. The van der Waals surface area contributed by atoms with Crippen molar-refractivity contribution < 1.29 is 38.6 Å². The molecule has 11 nitrogen and oxygen atoms in total. The maximum atomic E-state index is 13.4. The molecule has 1 aromatic carbocycles. The number of hydrogen-bond acceptors (Lipinski definition) is 9. The van der Waals surface area contributed by atoms with E-state index in [0.717, 1.165) is 0 Å². The van der Waals surface area contributed by atoms with E-state index in [1.807, 2.05) is 19.9 Å². The molecule has 0 spiro atoms. The highest BCUT2D eigenvalue weighted by Gasteiger charge is 2.60. The Balaban J connectivity index is 1.72. The van der Waals surface area contributed by atoms with Gasteiger partial charge in [-0.3, -0.25) is 24.1 Å². The van der Waals surface area contributed by atoms with Crippen LogP contribution in [0.5, 0.6) is 0 Å². The Morgan fingerprint density at radius 3 is 2.42 bits per heavy atom. The normalized spacial score (nSPS) is 22.8. The number of amides is 2. The van der Waals surface area contributed by atoms with Gasteiger partial charge < -0.3 is 25.2 Å². The predicted molar refractivity (Wildman–Crippen MR) is 146 cm³/mol. The van der Waals surface area contributed by atoms with Gasteiger partial charge >= 0.3 is 12.1 Å². The Morgan fingerprint density at radius 2 is 1.80 bits per heavy atom. The van der Waals surface area contributed by atoms with Crippen LogP contribution in [0.15, 0.2) is 24.3 Å². The number of esters is 1. The first-order valence-electron chi connectivity index (χ1n) is 13.7. The van der Waals surface area contributed by atoms with Gasteiger partial charge in [-0.05, 0) is 32.8 Å². The topological polar surface area (TPSA) is 151 Å². The van der Waals surface area contributed by atoms with Gasteiger partial charge in [0, 0.05) is 36.9 Å². The zero-order chi connectivity index (χ0) is 29.8. The van der Waals surface area contributed by atoms with E-state index in [2.05, 4.69) is 15.4 Å². The van der Waals surface area contributed by atoms with Gasteiger partial charge in [0.05, 0.1) is 25.6 Å². The quantitative estimate of drug-likeness (QED) is 0.348. The molecule has 0 saturated carbocycles. The summed E-state index contributed by atoms with van der Waals surface area (Å²) in [6, 6.07) is 5.30. The lowest BCUT2D eigenvalue weighted by molar-refractivity contribution is -0.142. The van der Waals surface area contributed by atoms with E-state index in [0.29, 0.717) is 17.7 Å². The molecule has 0 aliphatic carbocycles. The molecule has 3 unspecified atom stereocenters. The summed E-state index contributed by atoms with van der Waals surface area (Å²) in [4.78, 5) is 65.0. The number of ketones is 2. The van der Waals surface area contributed by atoms with Crippen LogP contribution in [0.2, 0.25) is 0 Å². The zero-order valence-corrected chi connectivity index (χ0v) is 24.1. The second-order valence-electron chi connectivity index (χ2n) is 11.6. The Kier molecular flexibility index (Phi) is 9.60. The largest absolute Gasteiger partial charge is 0.469 e. The number of anilines is 1. The highest BCUT2D eigenvalue weighted by molar-refractivity contribution is 5.94. The van der Waals surface area contributed by atoms with E-state index in [1.54, 1.807) is 39.0 Å². The molecule has 3 N–H and O–H groups in total. The molecule has 1 fully saturated rings. The molecule has 40 heavy (non-hydrogen) atoms. The summed E-state index contributed by atoms with van der Waals surface area (Å²) < 4.78 is 10.2. The maximum absolute atomic E-state index is 13.4. The number of fused-ring (bicyclic) bond motifs is 3. The van der Waals surface area contributed by atoms with Gasteiger partial charge in [0.2, 0.25) is 5.91 Å². The number of para-hydroxylation sites is 1. The number of carbonyl (C=O) groups excluding carboxylic acids is 5. The Hall–Kier alpha value is -3.47. The molecule has 0 radical (unpaired) electrons. The number of aliphatic hydroxyl groups is 1. The third-order valence-corrected chi connectivity index (χ3v) is 7.51. The molecule has 1 aromatic rings. The second kappa shape index (κ2) is 12.4. The van der Waals surface area contributed by atoms with Crippen molar-refractivity contribution in [1.82, 2.24) is 10.2 Å². The lowest BCUT2D eigenvalue weighted by Gasteiger charge is -2.32. The minimum Gasteiger partial charge on any atom is -0.469 e. The van der Waals surface area contributed by atoms with Gasteiger partial charge in [-0.25, -0.2) is 4.79 Å². The van der Waals surface area contributed by atoms with E-state index < -0.39 is 53.2 Å². The van der Waals surface area contributed by atoms with Crippen LogP contribution in [-0.2, 0) is 34.3 Å². The van der Waals surface area contributed by atoms with Crippen molar-refractivity contribution in [2.45, 2.75) is 103 Å². The Morgan fingerprint density at radius 1 is 1.12 bits per heavy atom. The SMILES string of the molecule is CCC(C)[C@H](NC(=O)CCC(=O)[C@@H]1CC2(O)c3ccccc3NC2N1C(=O)OC(C)(C)C)C(=O)CCC(=O)OC. The summed E-state index contributed by atoms with van der Waals surface area (Å²) >= 11 is 0. The number of hydrogen-bond donors (Lipinski definition) is 3. The molecule has 3 rings (SSSR count).